The summed E-state index contributed by atoms with van der Waals surface area (Å²) in [5.74, 6) is 0. The smallest absolute Gasteiger partial charge is 0.0681 e. The molecule has 0 spiro atoms. The van der Waals surface area contributed by atoms with Crippen LogP contribution < -0.4 is 0 Å². The summed E-state index contributed by atoms with van der Waals surface area (Å²) in [4.78, 5) is 0. The molecule has 0 heterocycles. The summed E-state index contributed by atoms with van der Waals surface area (Å²) in [6.07, 6.45) is 3.12. The van der Waals surface area contributed by atoms with Crippen molar-refractivity contribution in [3.63, 3.8) is 0 Å². The molecule has 0 aromatic heterocycles. The molecular formula is C19H40O3. The average Bonchev–Trinajstić information content (AvgIpc) is 2.22. The van der Waals surface area contributed by atoms with Crippen molar-refractivity contribution in [2.45, 2.75) is 118 Å². The van der Waals surface area contributed by atoms with E-state index >= 15 is 0 Å². The molecule has 0 saturated heterocycles. The van der Waals surface area contributed by atoms with E-state index in [0.717, 1.165) is 12.8 Å². The second-order valence-corrected chi connectivity index (χ2v) is 8.76. The van der Waals surface area contributed by atoms with Gasteiger partial charge in [0.1, 0.15) is 0 Å². The summed E-state index contributed by atoms with van der Waals surface area (Å²) in [6, 6.07) is 0. The molecule has 0 rings (SSSR count). The number of hydrogen-bond acceptors (Lipinski definition) is 3. The van der Waals surface area contributed by atoms with Crippen molar-refractivity contribution in [2.75, 3.05) is 0 Å². The first-order valence-corrected chi connectivity index (χ1v) is 8.76. The van der Waals surface area contributed by atoms with E-state index in [1.165, 1.54) is 0 Å². The van der Waals surface area contributed by atoms with E-state index in [0.29, 0.717) is 6.42 Å². The van der Waals surface area contributed by atoms with Crippen LogP contribution in [0.4, 0.5) is 0 Å². The highest BCUT2D eigenvalue weighted by atomic mass is 16.5. The Bertz CT molecular complexity index is 313. The van der Waals surface area contributed by atoms with E-state index in [2.05, 4.69) is 48.5 Å². The Morgan fingerprint density at radius 2 is 1.41 bits per heavy atom. The molecule has 0 aliphatic rings. The maximum atomic E-state index is 9.97. The molecule has 0 aliphatic carbocycles. The van der Waals surface area contributed by atoms with E-state index in [1.54, 1.807) is 0 Å². The molecule has 2 atom stereocenters. The topological polar surface area (TPSA) is 38.7 Å². The van der Waals surface area contributed by atoms with Crippen LogP contribution in [0.1, 0.15) is 88.5 Å². The second-order valence-electron chi connectivity index (χ2n) is 8.76. The Morgan fingerprint density at radius 1 is 0.909 bits per heavy atom. The predicted octanol–water partition coefficient (Wildman–Crippen LogP) is 4.95. The number of aliphatic hydroxyl groups is 1. The van der Waals surface area contributed by atoms with E-state index < -0.39 is 5.60 Å². The van der Waals surface area contributed by atoms with Gasteiger partial charge in [-0.2, -0.15) is 0 Å². The fraction of sp³-hybridized carbons (Fsp3) is 1.00. The summed E-state index contributed by atoms with van der Waals surface area (Å²) in [6.45, 7) is 20.8. The van der Waals surface area contributed by atoms with Crippen LogP contribution in [-0.2, 0) is 9.47 Å². The Hall–Kier alpha value is -0.120. The zero-order chi connectivity index (χ0) is 17.8. The van der Waals surface area contributed by atoms with Crippen LogP contribution in [-0.4, -0.2) is 34.6 Å². The van der Waals surface area contributed by atoms with Gasteiger partial charge in [0.25, 0.3) is 0 Å². The van der Waals surface area contributed by atoms with Gasteiger partial charge in [-0.25, -0.2) is 0 Å². The first kappa shape index (κ1) is 21.9. The normalized spacial score (nSPS) is 16.9. The first-order chi connectivity index (χ1) is 9.70. The van der Waals surface area contributed by atoms with Crippen LogP contribution in [0.3, 0.4) is 0 Å². The van der Waals surface area contributed by atoms with Crippen molar-refractivity contribution in [3.8, 4) is 0 Å². The molecule has 2 unspecified atom stereocenters. The average molecular weight is 317 g/mol. The zero-order valence-electron chi connectivity index (χ0n) is 16.6. The van der Waals surface area contributed by atoms with Crippen LogP contribution in [0.25, 0.3) is 0 Å². The summed E-state index contributed by atoms with van der Waals surface area (Å²) in [5.41, 5.74) is -1.01. The molecule has 0 saturated carbocycles. The molecule has 0 bridgehead atoms. The fourth-order valence-corrected chi connectivity index (χ4v) is 2.90. The highest BCUT2D eigenvalue weighted by molar-refractivity contribution is 4.91. The Balaban J connectivity index is 4.83. The lowest BCUT2D eigenvalue weighted by atomic mass is 9.72. The van der Waals surface area contributed by atoms with Gasteiger partial charge in [0, 0.05) is 6.42 Å². The molecular weight excluding hydrogens is 276 g/mol. The van der Waals surface area contributed by atoms with Crippen LogP contribution >= 0.6 is 0 Å². The van der Waals surface area contributed by atoms with Crippen LogP contribution in [0.15, 0.2) is 0 Å². The first-order valence-electron chi connectivity index (χ1n) is 8.76. The molecule has 3 nitrogen and oxygen atoms in total. The lowest BCUT2D eigenvalue weighted by Gasteiger charge is -2.45. The molecule has 0 aromatic rings. The Labute approximate surface area is 138 Å². The minimum absolute atomic E-state index is 0.0142. The summed E-state index contributed by atoms with van der Waals surface area (Å²) >= 11 is 0. The summed E-state index contributed by atoms with van der Waals surface area (Å²) in [5, 5.41) is 9.97. The zero-order valence-corrected chi connectivity index (χ0v) is 16.6. The Morgan fingerprint density at radius 3 is 1.77 bits per heavy atom. The summed E-state index contributed by atoms with van der Waals surface area (Å²) < 4.78 is 12.3. The molecule has 0 aromatic carbocycles. The van der Waals surface area contributed by atoms with E-state index in [1.807, 2.05) is 20.8 Å². The van der Waals surface area contributed by atoms with Crippen molar-refractivity contribution in [3.05, 3.63) is 0 Å². The molecule has 0 radical (unpaired) electrons. The summed E-state index contributed by atoms with van der Waals surface area (Å²) in [7, 11) is 0. The van der Waals surface area contributed by atoms with Crippen LogP contribution in [0.2, 0.25) is 0 Å². The van der Waals surface area contributed by atoms with Crippen molar-refractivity contribution in [1.29, 1.82) is 0 Å². The second kappa shape index (κ2) is 8.12. The highest BCUT2D eigenvalue weighted by Crippen LogP contribution is 2.40. The highest BCUT2D eigenvalue weighted by Gasteiger charge is 2.41. The van der Waals surface area contributed by atoms with Gasteiger partial charge in [0.2, 0.25) is 0 Å². The van der Waals surface area contributed by atoms with Gasteiger partial charge in [-0.05, 0) is 66.7 Å². The minimum atomic E-state index is -0.702. The van der Waals surface area contributed by atoms with Gasteiger partial charge in [0.05, 0.1) is 29.5 Å². The third-order valence-corrected chi connectivity index (χ3v) is 4.57. The van der Waals surface area contributed by atoms with Gasteiger partial charge < -0.3 is 14.6 Å². The van der Waals surface area contributed by atoms with E-state index in [4.69, 9.17) is 9.47 Å². The lowest BCUT2D eigenvalue weighted by Crippen LogP contribution is -2.46. The van der Waals surface area contributed by atoms with Crippen LogP contribution in [0, 0.1) is 5.41 Å². The van der Waals surface area contributed by atoms with Gasteiger partial charge in [-0.15, -0.1) is 0 Å². The van der Waals surface area contributed by atoms with E-state index in [9.17, 15) is 5.11 Å². The third kappa shape index (κ3) is 7.94. The quantitative estimate of drug-likeness (QED) is 0.619. The van der Waals surface area contributed by atoms with Crippen molar-refractivity contribution >= 4 is 0 Å². The maximum Gasteiger partial charge on any atom is 0.0681 e. The largest absolute Gasteiger partial charge is 0.390 e. The molecule has 1 N–H and O–H groups in total. The van der Waals surface area contributed by atoms with Crippen LogP contribution in [0.5, 0.6) is 0 Å². The lowest BCUT2D eigenvalue weighted by molar-refractivity contribution is -0.159. The third-order valence-electron chi connectivity index (χ3n) is 4.57. The number of ether oxygens (including phenoxy) is 2. The maximum absolute atomic E-state index is 9.97. The SMILES string of the molecule is CCC(CC(C)(C)C(C)(C)OC(C)CC(C)(C)O)OC(C)C. The molecule has 0 amide bonds. The monoisotopic (exact) mass is 316 g/mol. The fourth-order valence-electron chi connectivity index (χ4n) is 2.90. The molecule has 3 heteroatoms. The van der Waals surface area contributed by atoms with Gasteiger partial charge in [0.15, 0.2) is 0 Å². The Kier molecular flexibility index (Phi) is 8.08. The van der Waals surface area contributed by atoms with Crippen molar-refractivity contribution < 1.29 is 14.6 Å². The standard InChI is InChI=1S/C19H40O3/c1-11-16(21-14(2)3)13-17(5,6)19(9,10)22-15(4)12-18(7,8)20/h14-16,20H,11-13H2,1-10H3. The molecule has 22 heavy (non-hydrogen) atoms. The van der Waals surface area contributed by atoms with Crippen molar-refractivity contribution in [2.24, 2.45) is 5.41 Å². The van der Waals surface area contributed by atoms with Gasteiger partial charge in [-0.1, -0.05) is 20.8 Å². The molecule has 0 aliphatic heterocycles. The number of hydrogen-bond donors (Lipinski definition) is 1. The van der Waals surface area contributed by atoms with Gasteiger partial charge >= 0.3 is 0 Å². The van der Waals surface area contributed by atoms with E-state index in [-0.39, 0.29) is 29.3 Å². The van der Waals surface area contributed by atoms with Gasteiger partial charge in [-0.3, -0.25) is 0 Å². The van der Waals surface area contributed by atoms with Crippen molar-refractivity contribution in [1.82, 2.24) is 0 Å². The minimum Gasteiger partial charge on any atom is -0.390 e. The molecule has 134 valence electrons. The molecule has 0 fully saturated rings. The predicted molar refractivity (Wildman–Crippen MR) is 94.2 cm³/mol. The number of rotatable bonds is 10.